The van der Waals surface area contributed by atoms with E-state index in [2.05, 4.69) is 0 Å². The fraction of sp³-hybridized carbons (Fsp3) is 0. The first-order valence-corrected chi connectivity index (χ1v) is 6.52. The molecule has 1 aromatic heterocycles. The molecule has 2 rings (SSSR count). The van der Waals surface area contributed by atoms with Crippen LogP contribution in [0.3, 0.4) is 0 Å². The molecule has 1 heterocycles. The summed E-state index contributed by atoms with van der Waals surface area (Å²) in [5, 5.41) is 0. The van der Waals surface area contributed by atoms with E-state index in [0.29, 0.717) is 0 Å². The van der Waals surface area contributed by atoms with Crippen LogP contribution in [0.1, 0.15) is 9.67 Å². The van der Waals surface area contributed by atoms with Gasteiger partial charge in [-0.3, -0.25) is 4.79 Å². The third kappa shape index (κ3) is 1.68. The van der Waals surface area contributed by atoms with Gasteiger partial charge in [-0.2, -0.15) is 0 Å². The number of hydrogen-bond acceptors (Lipinski definition) is 4. The molecule has 4 heteroatoms. The van der Waals surface area contributed by atoms with Gasteiger partial charge in [-0.1, -0.05) is 63.2 Å². The highest BCUT2D eigenvalue weighted by molar-refractivity contribution is 7.80. The zero-order chi connectivity index (χ0) is 9.97. The van der Waals surface area contributed by atoms with Crippen molar-refractivity contribution in [2.75, 3.05) is 0 Å². The normalized spacial score (nSPS) is 10.0. The topological polar surface area (TPSA) is 17.1 Å². The molecule has 0 radical (unpaired) electrons. The number of hydrogen-bond donors (Lipinski definition) is 0. The Bertz CT molecular complexity index is 496. The minimum atomic E-state index is 0.728. The van der Waals surface area contributed by atoms with Crippen molar-refractivity contribution in [3.63, 3.8) is 0 Å². The summed E-state index contributed by atoms with van der Waals surface area (Å²) < 4.78 is 0.795. The molecule has 0 spiro atoms. The standard InChI is InChI=1S/C10H6OS3/c11-6-8-9(10(12)14-13-8)7-4-2-1-3-5-7/h1-6H. The Morgan fingerprint density at radius 2 is 1.86 bits per heavy atom. The Kier molecular flexibility index (Phi) is 2.86. The average Bonchev–Trinajstić information content (AvgIpc) is 2.61. The van der Waals surface area contributed by atoms with E-state index in [4.69, 9.17) is 12.2 Å². The summed E-state index contributed by atoms with van der Waals surface area (Å²) in [5.74, 6) is 0. The number of carbonyl (C=O) groups is 1. The lowest BCUT2D eigenvalue weighted by molar-refractivity contribution is 0.112. The van der Waals surface area contributed by atoms with Crippen molar-refractivity contribution in [3.05, 3.63) is 39.0 Å². The SMILES string of the molecule is O=Cc1ssc(=S)c1-c1ccccc1. The Balaban J connectivity index is 2.67. The molecule has 0 amide bonds. The first kappa shape index (κ1) is 9.71. The van der Waals surface area contributed by atoms with Crippen molar-refractivity contribution in [1.29, 1.82) is 0 Å². The quantitative estimate of drug-likeness (QED) is 0.446. The second kappa shape index (κ2) is 4.13. The zero-order valence-corrected chi connectivity index (χ0v) is 9.55. The maximum atomic E-state index is 10.8. The van der Waals surface area contributed by atoms with Gasteiger partial charge in [0, 0.05) is 5.56 Å². The summed E-state index contributed by atoms with van der Waals surface area (Å²) in [6, 6.07) is 9.78. The van der Waals surface area contributed by atoms with E-state index in [1.807, 2.05) is 30.3 Å². The van der Waals surface area contributed by atoms with Crippen LogP contribution in [0.4, 0.5) is 0 Å². The van der Waals surface area contributed by atoms with Gasteiger partial charge in [0.05, 0.1) is 4.88 Å². The van der Waals surface area contributed by atoms with E-state index in [-0.39, 0.29) is 0 Å². The minimum Gasteiger partial charge on any atom is -0.297 e. The number of rotatable bonds is 2. The maximum absolute atomic E-state index is 10.8. The first-order valence-electron chi connectivity index (χ1n) is 3.96. The molecule has 0 atom stereocenters. The minimum absolute atomic E-state index is 0.728. The van der Waals surface area contributed by atoms with Crippen LogP contribution in [0.15, 0.2) is 30.3 Å². The fourth-order valence-corrected chi connectivity index (χ4v) is 3.81. The molecule has 0 saturated heterocycles. The van der Waals surface area contributed by atoms with E-state index in [1.54, 1.807) is 0 Å². The Morgan fingerprint density at radius 3 is 2.50 bits per heavy atom. The first-order chi connectivity index (χ1) is 6.83. The van der Waals surface area contributed by atoms with Crippen LogP contribution in [-0.2, 0) is 0 Å². The molecule has 2 aromatic rings. The van der Waals surface area contributed by atoms with Gasteiger partial charge in [-0.25, -0.2) is 0 Å². The monoisotopic (exact) mass is 238 g/mol. The van der Waals surface area contributed by atoms with Crippen molar-refractivity contribution in [2.45, 2.75) is 0 Å². The highest BCUT2D eigenvalue weighted by atomic mass is 32.9. The van der Waals surface area contributed by atoms with Gasteiger partial charge in [-0.05, 0) is 5.56 Å². The molecule has 0 bridgehead atoms. The molecule has 14 heavy (non-hydrogen) atoms. The van der Waals surface area contributed by atoms with Gasteiger partial charge in [0.1, 0.15) is 3.82 Å². The lowest BCUT2D eigenvalue weighted by Crippen LogP contribution is -1.79. The summed E-state index contributed by atoms with van der Waals surface area (Å²) in [5.41, 5.74) is 1.93. The molecule has 0 N–H and O–H groups in total. The Labute approximate surface area is 94.0 Å². The highest BCUT2D eigenvalue weighted by Crippen LogP contribution is 2.32. The van der Waals surface area contributed by atoms with Crippen LogP contribution in [0.5, 0.6) is 0 Å². The van der Waals surface area contributed by atoms with E-state index < -0.39 is 0 Å². The van der Waals surface area contributed by atoms with Crippen molar-refractivity contribution >= 4 is 39.2 Å². The largest absolute Gasteiger partial charge is 0.297 e. The number of aldehydes is 1. The van der Waals surface area contributed by atoms with Gasteiger partial charge in [0.25, 0.3) is 0 Å². The Morgan fingerprint density at radius 1 is 1.14 bits per heavy atom. The highest BCUT2D eigenvalue weighted by Gasteiger charge is 2.08. The molecule has 0 fully saturated rings. The fourth-order valence-electron chi connectivity index (χ4n) is 1.21. The molecular formula is C10H6OS3. The summed E-state index contributed by atoms with van der Waals surface area (Å²) in [7, 11) is 2.92. The van der Waals surface area contributed by atoms with E-state index in [9.17, 15) is 4.79 Å². The molecular weight excluding hydrogens is 232 g/mol. The average molecular weight is 238 g/mol. The van der Waals surface area contributed by atoms with E-state index in [0.717, 1.165) is 26.1 Å². The second-order valence-electron chi connectivity index (χ2n) is 2.68. The Hall–Kier alpha value is -0.840. The van der Waals surface area contributed by atoms with E-state index >= 15 is 0 Å². The van der Waals surface area contributed by atoms with Gasteiger partial charge in [0.15, 0.2) is 6.29 Å². The lowest BCUT2D eigenvalue weighted by atomic mass is 10.1. The van der Waals surface area contributed by atoms with Crippen LogP contribution < -0.4 is 0 Å². The molecule has 1 nitrogen and oxygen atoms in total. The van der Waals surface area contributed by atoms with Gasteiger partial charge in [0.2, 0.25) is 0 Å². The third-order valence-electron chi connectivity index (χ3n) is 1.83. The van der Waals surface area contributed by atoms with Crippen LogP contribution in [0.25, 0.3) is 11.1 Å². The van der Waals surface area contributed by atoms with Crippen molar-refractivity contribution in [1.82, 2.24) is 0 Å². The predicted molar refractivity (Wildman–Crippen MR) is 63.9 cm³/mol. The third-order valence-corrected chi connectivity index (χ3v) is 4.81. The van der Waals surface area contributed by atoms with Crippen molar-refractivity contribution in [2.24, 2.45) is 0 Å². The summed E-state index contributed by atoms with van der Waals surface area (Å²) >= 11 is 5.19. The van der Waals surface area contributed by atoms with Crippen LogP contribution in [0.2, 0.25) is 0 Å². The van der Waals surface area contributed by atoms with Crippen molar-refractivity contribution < 1.29 is 4.79 Å². The van der Waals surface area contributed by atoms with Crippen LogP contribution in [0, 0.1) is 3.82 Å². The predicted octanol–water partition coefficient (Wildman–Crippen LogP) is 4.02. The van der Waals surface area contributed by atoms with Gasteiger partial charge in [-0.15, -0.1) is 0 Å². The van der Waals surface area contributed by atoms with Gasteiger partial charge < -0.3 is 0 Å². The van der Waals surface area contributed by atoms with E-state index in [1.165, 1.54) is 20.7 Å². The molecule has 0 aliphatic rings. The van der Waals surface area contributed by atoms with Crippen LogP contribution >= 0.6 is 32.9 Å². The smallest absolute Gasteiger partial charge is 0.161 e. The van der Waals surface area contributed by atoms with Gasteiger partial charge >= 0.3 is 0 Å². The summed E-state index contributed by atoms with van der Waals surface area (Å²) in [4.78, 5) is 11.5. The summed E-state index contributed by atoms with van der Waals surface area (Å²) in [6.45, 7) is 0. The second-order valence-corrected chi connectivity index (χ2v) is 5.53. The number of carbonyl (C=O) groups excluding carboxylic acids is 1. The molecule has 0 saturated carbocycles. The molecule has 1 aromatic carbocycles. The molecule has 0 aliphatic carbocycles. The lowest BCUT2D eigenvalue weighted by Gasteiger charge is -1.96. The zero-order valence-electron chi connectivity index (χ0n) is 7.10. The maximum Gasteiger partial charge on any atom is 0.161 e. The van der Waals surface area contributed by atoms with Crippen molar-refractivity contribution in [3.8, 4) is 11.1 Å². The summed E-state index contributed by atoms with van der Waals surface area (Å²) in [6.07, 6.45) is 0.874. The van der Waals surface area contributed by atoms with Crippen LogP contribution in [-0.4, -0.2) is 6.29 Å². The molecule has 0 aliphatic heterocycles. The molecule has 0 unspecified atom stereocenters. The number of benzene rings is 1. The molecule has 70 valence electrons.